The minimum absolute atomic E-state index is 0.0127. The Morgan fingerprint density at radius 1 is 1.36 bits per heavy atom. The molecule has 1 N–H and O–H groups in total. The van der Waals surface area contributed by atoms with Crippen LogP contribution in [0, 0.1) is 0 Å². The standard InChI is InChI=1S/C8H11NO4S/c10-14(11,12)13-7-1-2-8-3-5-9-6-4-8/h3-6H,1-2,7H2,(H,10,11,12). The molecule has 14 heavy (non-hydrogen) atoms. The van der Waals surface area contributed by atoms with E-state index in [0.29, 0.717) is 12.8 Å². The normalized spacial score (nSPS) is 11.5. The van der Waals surface area contributed by atoms with Gasteiger partial charge in [-0.1, -0.05) is 0 Å². The van der Waals surface area contributed by atoms with Crippen LogP contribution in [0.1, 0.15) is 12.0 Å². The van der Waals surface area contributed by atoms with Crippen molar-refractivity contribution < 1.29 is 17.2 Å². The average molecular weight is 217 g/mol. The summed E-state index contributed by atoms with van der Waals surface area (Å²) in [4.78, 5) is 3.85. The third kappa shape index (κ3) is 4.90. The van der Waals surface area contributed by atoms with E-state index in [9.17, 15) is 8.42 Å². The van der Waals surface area contributed by atoms with E-state index < -0.39 is 10.4 Å². The lowest BCUT2D eigenvalue weighted by Gasteiger charge is -2.00. The third-order valence-electron chi connectivity index (χ3n) is 1.59. The molecule has 5 nitrogen and oxygen atoms in total. The zero-order valence-corrected chi connectivity index (χ0v) is 8.27. The molecule has 1 rings (SSSR count). The molecule has 0 unspecified atom stereocenters. The van der Waals surface area contributed by atoms with Crippen LogP contribution in [0.2, 0.25) is 0 Å². The third-order valence-corrected chi connectivity index (χ3v) is 2.06. The first-order valence-corrected chi connectivity index (χ1v) is 5.45. The quantitative estimate of drug-likeness (QED) is 0.584. The molecule has 0 radical (unpaired) electrons. The Morgan fingerprint density at radius 3 is 2.57 bits per heavy atom. The first kappa shape index (κ1) is 11.1. The fraction of sp³-hybridized carbons (Fsp3) is 0.375. The molecule has 78 valence electrons. The Bertz CT molecular complexity index is 362. The number of pyridine rings is 1. The first-order valence-electron chi connectivity index (χ1n) is 4.09. The molecule has 0 aliphatic rings. The Morgan fingerprint density at radius 2 is 2.00 bits per heavy atom. The fourth-order valence-electron chi connectivity index (χ4n) is 0.990. The van der Waals surface area contributed by atoms with Gasteiger partial charge in [0.25, 0.3) is 0 Å². The second-order valence-electron chi connectivity index (χ2n) is 2.71. The van der Waals surface area contributed by atoms with Gasteiger partial charge in [0.1, 0.15) is 0 Å². The minimum atomic E-state index is -4.29. The monoisotopic (exact) mass is 217 g/mol. The molecule has 1 aromatic rings. The van der Waals surface area contributed by atoms with Crippen LogP contribution in [0.4, 0.5) is 0 Å². The average Bonchev–Trinajstić information content (AvgIpc) is 2.13. The summed E-state index contributed by atoms with van der Waals surface area (Å²) in [5, 5.41) is 0. The van der Waals surface area contributed by atoms with Gasteiger partial charge in [-0.05, 0) is 30.5 Å². The predicted octanol–water partition coefficient (Wildman–Crippen LogP) is 0.834. The van der Waals surface area contributed by atoms with Gasteiger partial charge < -0.3 is 0 Å². The molecular formula is C8H11NO4S. The van der Waals surface area contributed by atoms with E-state index in [1.807, 2.05) is 12.1 Å². The van der Waals surface area contributed by atoms with Gasteiger partial charge in [-0.3, -0.25) is 9.54 Å². The Kier molecular flexibility index (Phi) is 3.99. The van der Waals surface area contributed by atoms with E-state index in [4.69, 9.17) is 4.55 Å². The zero-order valence-electron chi connectivity index (χ0n) is 7.46. The van der Waals surface area contributed by atoms with Crippen LogP contribution in [-0.4, -0.2) is 24.6 Å². The van der Waals surface area contributed by atoms with Gasteiger partial charge in [0.15, 0.2) is 0 Å². The van der Waals surface area contributed by atoms with Crippen LogP contribution in [0.3, 0.4) is 0 Å². The van der Waals surface area contributed by atoms with Crippen molar-refractivity contribution in [2.24, 2.45) is 0 Å². The van der Waals surface area contributed by atoms with Gasteiger partial charge in [0.05, 0.1) is 6.61 Å². The molecule has 0 bridgehead atoms. The summed E-state index contributed by atoms with van der Waals surface area (Å²) in [6.45, 7) is -0.0127. The van der Waals surface area contributed by atoms with Crippen LogP contribution < -0.4 is 0 Å². The zero-order chi connectivity index (χ0) is 10.4. The van der Waals surface area contributed by atoms with Crippen LogP contribution in [-0.2, 0) is 21.0 Å². The van der Waals surface area contributed by atoms with Crippen molar-refractivity contribution in [3.8, 4) is 0 Å². The molecular weight excluding hydrogens is 206 g/mol. The lowest BCUT2D eigenvalue weighted by Crippen LogP contribution is -2.05. The van der Waals surface area contributed by atoms with Gasteiger partial charge in [-0.15, -0.1) is 0 Å². The maximum Gasteiger partial charge on any atom is 0.397 e. The first-order chi connectivity index (χ1) is 6.58. The van der Waals surface area contributed by atoms with Crippen molar-refractivity contribution in [1.29, 1.82) is 0 Å². The molecule has 1 aromatic heterocycles. The Labute approximate surface area is 82.7 Å². The SMILES string of the molecule is O=S(=O)(O)OCCCc1ccncc1. The molecule has 0 fully saturated rings. The maximum absolute atomic E-state index is 10.2. The molecule has 0 aliphatic heterocycles. The van der Waals surface area contributed by atoms with Crippen molar-refractivity contribution >= 4 is 10.4 Å². The van der Waals surface area contributed by atoms with Crippen molar-refractivity contribution in [1.82, 2.24) is 4.98 Å². The molecule has 0 saturated heterocycles. The number of hydrogen-bond acceptors (Lipinski definition) is 4. The number of hydrogen-bond donors (Lipinski definition) is 1. The summed E-state index contributed by atoms with van der Waals surface area (Å²) in [6, 6.07) is 3.68. The molecule has 1 heterocycles. The highest BCUT2D eigenvalue weighted by Crippen LogP contribution is 2.01. The van der Waals surface area contributed by atoms with E-state index in [1.165, 1.54) is 0 Å². The van der Waals surface area contributed by atoms with Crippen LogP contribution in [0.15, 0.2) is 24.5 Å². The molecule has 6 heteroatoms. The van der Waals surface area contributed by atoms with Crippen LogP contribution in [0.5, 0.6) is 0 Å². The number of aromatic nitrogens is 1. The second kappa shape index (κ2) is 5.04. The summed E-state index contributed by atoms with van der Waals surface area (Å²) in [6.07, 6.45) is 4.56. The van der Waals surface area contributed by atoms with Crippen LogP contribution in [0.25, 0.3) is 0 Å². The van der Waals surface area contributed by atoms with Gasteiger partial charge in [-0.25, -0.2) is 4.18 Å². The van der Waals surface area contributed by atoms with E-state index >= 15 is 0 Å². The van der Waals surface area contributed by atoms with E-state index in [0.717, 1.165) is 5.56 Å². The Hall–Kier alpha value is -0.980. The van der Waals surface area contributed by atoms with Gasteiger partial charge in [0, 0.05) is 12.4 Å². The number of aryl methyl sites for hydroxylation is 1. The van der Waals surface area contributed by atoms with E-state index in [2.05, 4.69) is 9.17 Å². The summed E-state index contributed by atoms with van der Waals surface area (Å²) in [5.74, 6) is 0. The van der Waals surface area contributed by atoms with Gasteiger partial charge >= 0.3 is 10.4 Å². The van der Waals surface area contributed by atoms with Crippen molar-refractivity contribution in [3.63, 3.8) is 0 Å². The largest absolute Gasteiger partial charge is 0.397 e. The van der Waals surface area contributed by atoms with Crippen molar-refractivity contribution in [2.45, 2.75) is 12.8 Å². The summed E-state index contributed by atoms with van der Waals surface area (Å²) >= 11 is 0. The molecule has 0 aliphatic carbocycles. The molecule has 0 aromatic carbocycles. The number of rotatable bonds is 5. The molecule has 0 spiro atoms. The Balaban J connectivity index is 2.23. The van der Waals surface area contributed by atoms with E-state index in [1.54, 1.807) is 12.4 Å². The van der Waals surface area contributed by atoms with Crippen molar-refractivity contribution in [3.05, 3.63) is 30.1 Å². The highest BCUT2D eigenvalue weighted by Gasteiger charge is 2.02. The van der Waals surface area contributed by atoms with E-state index in [-0.39, 0.29) is 6.61 Å². The summed E-state index contributed by atoms with van der Waals surface area (Å²) < 4.78 is 32.7. The topological polar surface area (TPSA) is 76.5 Å². The van der Waals surface area contributed by atoms with Gasteiger partial charge in [0.2, 0.25) is 0 Å². The molecule has 0 atom stereocenters. The highest BCUT2D eigenvalue weighted by molar-refractivity contribution is 7.80. The summed E-state index contributed by atoms with van der Waals surface area (Å²) in [7, 11) is -4.29. The predicted molar refractivity (Wildman–Crippen MR) is 50.1 cm³/mol. The van der Waals surface area contributed by atoms with Crippen molar-refractivity contribution in [2.75, 3.05) is 6.61 Å². The number of nitrogens with zero attached hydrogens (tertiary/aromatic N) is 1. The van der Waals surface area contributed by atoms with Crippen LogP contribution >= 0.6 is 0 Å². The second-order valence-corrected chi connectivity index (χ2v) is 3.80. The smallest absolute Gasteiger partial charge is 0.265 e. The molecule has 0 amide bonds. The van der Waals surface area contributed by atoms with Gasteiger partial charge in [-0.2, -0.15) is 8.42 Å². The highest BCUT2D eigenvalue weighted by atomic mass is 32.3. The lowest BCUT2D eigenvalue weighted by atomic mass is 10.1. The fourth-order valence-corrected chi connectivity index (χ4v) is 1.32. The minimum Gasteiger partial charge on any atom is -0.265 e. The maximum atomic E-state index is 10.2. The lowest BCUT2D eigenvalue weighted by molar-refractivity contribution is 0.265. The summed E-state index contributed by atoms with van der Waals surface area (Å²) in [5.41, 5.74) is 1.05. The molecule has 0 saturated carbocycles.